The third-order valence-electron chi connectivity index (χ3n) is 4.70. The maximum atomic E-state index is 13.0. The number of nitrogens with one attached hydrogen (secondary N) is 1. The highest BCUT2D eigenvalue weighted by molar-refractivity contribution is 8.01. The summed E-state index contributed by atoms with van der Waals surface area (Å²) in [7, 11) is -2.17. The second kappa shape index (κ2) is 9.78. The Kier molecular flexibility index (Phi) is 7.36. The lowest BCUT2D eigenvalue weighted by Gasteiger charge is -2.31. The van der Waals surface area contributed by atoms with Crippen LogP contribution < -0.4 is 10.1 Å². The van der Waals surface area contributed by atoms with Gasteiger partial charge in [0.05, 0.1) is 39.6 Å². The molecule has 8 nitrogen and oxygen atoms in total. The number of amides is 1. The van der Waals surface area contributed by atoms with Crippen molar-refractivity contribution in [3.63, 3.8) is 0 Å². The fourth-order valence-electron chi connectivity index (χ4n) is 3.15. The molecule has 1 atom stereocenters. The third-order valence-corrected chi connectivity index (χ3v) is 8.89. The van der Waals surface area contributed by atoms with Crippen LogP contribution >= 0.6 is 23.1 Å². The molecule has 30 heavy (non-hydrogen) atoms. The fraction of sp³-hybridized carbons (Fsp3) is 0.421. The molecule has 0 saturated carbocycles. The third kappa shape index (κ3) is 5.13. The lowest BCUT2D eigenvalue weighted by molar-refractivity contribution is -0.120. The number of nitriles is 1. The van der Waals surface area contributed by atoms with Gasteiger partial charge in [-0.25, -0.2) is 13.4 Å². The van der Waals surface area contributed by atoms with Crippen molar-refractivity contribution in [2.24, 2.45) is 5.92 Å². The van der Waals surface area contributed by atoms with Crippen LogP contribution in [-0.2, 0) is 14.8 Å². The molecule has 1 N–H and O–H groups in total. The van der Waals surface area contributed by atoms with Gasteiger partial charge in [0.15, 0.2) is 5.13 Å². The molecular formula is C19H22N4O4S3. The number of rotatable bonds is 7. The first-order valence-corrected chi connectivity index (χ1v) is 12.5. The number of hydrogen-bond donors (Lipinski definition) is 1. The van der Waals surface area contributed by atoms with Gasteiger partial charge >= 0.3 is 0 Å². The van der Waals surface area contributed by atoms with Crippen LogP contribution in [-0.4, -0.2) is 49.6 Å². The molecule has 0 bridgehead atoms. The van der Waals surface area contributed by atoms with Gasteiger partial charge in [0.1, 0.15) is 5.75 Å². The summed E-state index contributed by atoms with van der Waals surface area (Å²) in [6.07, 6.45) is 1.22. The van der Waals surface area contributed by atoms with Crippen molar-refractivity contribution in [2.75, 3.05) is 31.3 Å². The first kappa shape index (κ1) is 22.6. The van der Waals surface area contributed by atoms with E-state index in [1.165, 1.54) is 46.6 Å². The second-order valence-corrected chi connectivity index (χ2v) is 10.9. The van der Waals surface area contributed by atoms with Crippen molar-refractivity contribution in [3.8, 4) is 11.8 Å². The van der Waals surface area contributed by atoms with Crippen molar-refractivity contribution in [1.82, 2.24) is 9.29 Å². The molecule has 11 heteroatoms. The first-order chi connectivity index (χ1) is 14.3. The number of aryl methyl sites for hydroxylation is 1. The van der Waals surface area contributed by atoms with E-state index >= 15 is 0 Å². The fourth-order valence-corrected chi connectivity index (χ4v) is 6.47. The molecule has 2 aromatic rings. The average Bonchev–Trinajstić information content (AvgIpc) is 3.11. The standard InChI is InChI=1S/C19H22N4O4S3/c1-13-18(28-11-9-20)29-19(21-13)22-17(24)14-4-3-10-23(12-14)30(25,26)16-7-5-15(27-2)6-8-16/h5-8,14H,3-4,10-12H2,1-2H3,(H,21,22,24). The van der Waals surface area contributed by atoms with Crippen molar-refractivity contribution in [2.45, 2.75) is 28.9 Å². The summed E-state index contributed by atoms with van der Waals surface area (Å²) < 4.78 is 33.3. The molecule has 0 radical (unpaired) electrons. The van der Waals surface area contributed by atoms with Gasteiger partial charge in [-0.05, 0) is 44.0 Å². The summed E-state index contributed by atoms with van der Waals surface area (Å²) in [5, 5.41) is 12.0. The molecule has 2 heterocycles. The van der Waals surface area contributed by atoms with Gasteiger partial charge in [-0.3, -0.25) is 4.79 Å². The normalized spacial score (nSPS) is 17.3. The highest BCUT2D eigenvalue weighted by atomic mass is 32.2. The Bertz CT molecular complexity index is 1040. The van der Waals surface area contributed by atoms with E-state index in [1.807, 2.05) is 6.92 Å². The molecule has 1 saturated heterocycles. The highest BCUT2D eigenvalue weighted by Crippen LogP contribution is 2.32. The highest BCUT2D eigenvalue weighted by Gasteiger charge is 2.33. The zero-order valence-corrected chi connectivity index (χ0v) is 19.1. The Morgan fingerprint density at radius 3 is 2.83 bits per heavy atom. The van der Waals surface area contributed by atoms with E-state index in [9.17, 15) is 13.2 Å². The number of benzene rings is 1. The lowest BCUT2D eigenvalue weighted by atomic mass is 9.99. The maximum absolute atomic E-state index is 13.0. The van der Waals surface area contributed by atoms with Crippen molar-refractivity contribution in [1.29, 1.82) is 5.26 Å². The van der Waals surface area contributed by atoms with Gasteiger partial charge in [0.25, 0.3) is 0 Å². The summed E-state index contributed by atoms with van der Waals surface area (Å²) in [6, 6.07) is 8.30. The average molecular weight is 467 g/mol. The summed E-state index contributed by atoms with van der Waals surface area (Å²) in [5.74, 6) is 0.203. The minimum Gasteiger partial charge on any atom is -0.497 e. The Morgan fingerprint density at radius 1 is 1.43 bits per heavy atom. The predicted molar refractivity (Wildman–Crippen MR) is 116 cm³/mol. The van der Waals surface area contributed by atoms with Crippen LogP contribution in [0, 0.1) is 24.2 Å². The number of carbonyl (C=O) groups is 1. The Morgan fingerprint density at radius 2 is 2.17 bits per heavy atom. The van der Waals surface area contributed by atoms with Crippen LogP contribution in [0.15, 0.2) is 33.4 Å². The zero-order chi connectivity index (χ0) is 21.7. The Balaban J connectivity index is 1.68. The van der Waals surface area contributed by atoms with Gasteiger partial charge in [-0.1, -0.05) is 23.1 Å². The van der Waals surface area contributed by atoms with E-state index in [0.717, 1.165) is 9.90 Å². The van der Waals surface area contributed by atoms with Crippen LogP contribution in [0.2, 0.25) is 0 Å². The van der Waals surface area contributed by atoms with Crippen molar-refractivity contribution in [3.05, 3.63) is 30.0 Å². The number of thiazole rings is 1. The number of hydrogen-bond acceptors (Lipinski definition) is 8. The number of anilines is 1. The largest absolute Gasteiger partial charge is 0.497 e. The second-order valence-electron chi connectivity index (χ2n) is 6.71. The zero-order valence-electron chi connectivity index (χ0n) is 16.6. The molecule has 1 fully saturated rings. The number of methoxy groups -OCH3 is 1. The van der Waals surface area contributed by atoms with E-state index in [1.54, 1.807) is 12.1 Å². The topological polar surface area (TPSA) is 112 Å². The summed E-state index contributed by atoms with van der Waals surface area (Å²) in [6.45, 7) is 2.33. The summed E-state index contributed by atoms with van der Waals surface area (Å²) >= 11 is 2.71. The van der Waals surface area contributed by atoms with Crippen LogP contribution in [0.25, 0.3) is 0 Å². The molecule has 1 aliphatic heterocycles. The van der Waals surface area contributed by atoms with E-state index in [4.69, 9.17) is 10.00 Å². The predicted octanol–water partition coefficient (Wildman–Crippen LogP) is 3.12. The van der Waals surface area contributed by atoms with Crippen LogP contribution in [0.3, 0.4) is 0 Å². The molecule has 3 rings (SSSR count). The summed E-state index contributed by atoms with van der Waals surface area (Å²) in [5.41, 5.74) is 0.767. The van der Waals surface area contributed by atoms with E-state index in [2.05, 4.69) is 16.4 Å². The number of aromatic nitrogens is 1. The lowest BCUT2D eigenvalue weighted by Crippen LogP contribution is -2.43. The SMILES string of the molecule is COc1ccc(S(=O)(=O)N2CCCC(C(=O)Nc3nc(C)c(SCC#N)s3)C2)cc1. The quantitative estimate of drug-likeness (QED) is 0.624. The number of piperidine rings is 1. The monoisotopic (exact) mass is 466 g/mol. The number of ether oxygens (including phenoxy) is 1. The first-order valence-electron chi connectivity index (χ1n) is 9.27. The molecule has 1 aromatic carbocycles. The van der Waals surface area contributed by atoms with Gasteiger partial charge < -0.3 is 10.1 Å². The van der Waals surface area contributed by atoms with E-state index in [0.29, 0.717) is 36.0 Å². The molecule has 0 spiro atoms. The van der Waals surface area contributed by atoms with Crippen molar-refractivity contribution < 1.29 is 17.9 Å². The molecule has 160 valence electrons. The van der Waals surface area contributed by atoms with Gasteiger partial charge in [-0.2, -0.15) is 9.57 Å². The molecule has 1 aliphatic rings. The van der Waals surface area contributed by atoms with Crippen LogP contribution in [0.5, 0.6) is 5.75 Å². The number of sulfonamides is 1. The maximum Gasteiger partial charge on any atom is 0.243 e. The molecular weight excluding hydrogens is 444 g/mol. The minimum absolute atomic E-state index is 0.126. The molecule has 0 aliphatic carbocycles. The number of carbonyl (C=O) groups excluding carboxylic acids is 1. The van der Waals surface area contributed by atoms with Crippen LogP contribution in [0.1, 0.15) is 18.5 Å². The number of thioether (sulfide) groups is 1. The summed E-state index contributed by atoms with van der Waals surface area (Å²) in [4.78, 5) is 17.3. The molecule has 1 aromatic heterocycles. The van der Waals surface area contributed by atoms with Crippen molar-refractivity contribution >= 4 is 44.2 Å². The van der Waals surface area contributed by atoms with E-state index < -0.39 is 15.9 Å². The smallest absolute Gasteiger partial charge is 0.243 e. The number of nitrogens with zero attached hydrogens (tertiary/aromatic N) is 3. The van der Waals surface area contributed by atoms with Gasteiger partial charge in [-0.15, -0.1) is 0 Å². The molecule has 1 amide bonds. The Hall–Kier alpha value is -2.13. The molecule has 1 unspecified atom stereocenters. The van der Waals surface area contributed by atoms with E-state index in [-0.39, 0.29) is 17.3 Å². The minimum atomic E-state index is -3.69. The van der Waals surface area contributed by atoms with Crippen LogP contribution in [0.4, 0.5) is 5.13 Å². The Labute approximate surface area is 184 Å². The van der Waals surface area contributed by atoms with Gasteiger partial charge in [0.2, 0.25) is 15.9 Å². The van der Waals surface area contributed by atoms with Gasteiger partial charge in [0, 0.05) is 13.1 Å².